The molecule has 1 atom stereocenters. The van der Waals surface area contributed by atoms with Crippen LogP contribution in [-0.4, -0.2) is 18.7 Å². The third-order valence-electron chi connectivity index (χ3n) is 4.52. The Bertz CT molecular complexity index is 654. The Balaban J connectivity index is 1.54. The van der Waals surface area contributed by atoms with Gasteiger partial charge in [0, 0.05) is 12.6 Å². The Morgan fingerprint density at radius 1 is 0.926 bits per heavy atom. The summed E-state index contributed by atoms with van der Waals surface area (Å²) in [4.78, 5) is 11.7. The molecule has 4 heteroatoms. The van der Waals surface area contributed by atoms with Crippen LogP contribution in [0.1, 0.15) is 49.3 Å². The van der Waals surface area contributed by atoms with Crippen molar-refractivity contribution in [2.75, 3.05) is 6.54 Å². The Kier molecular flexibility index (Phi) is 9.42. The Hall–Kier alpha value is -2.33. The summed E-state index contributed by atoms with van der Waals surface area (Å²) in [5, 5.41) is 2.81. The molecule has 0 radical (unpaired) electrons. The lowest BCUT2D eigenvalue weighted by Crippen LogP contribution is -2.25. The molecule has 0 spiro atoms. The third-order valence-corrected chi connectivity index (χ3v) is 4.52. The van der Waals surface area contributed by atoms with Crippen molar-refractivity contribution in [3.05, 3.63) is 71.3 Å². The SMILES string of the molecule is CC(N)CCCc1ccc(CCCCNC(=O)OCc2ccccc2)cc1. The molecule has 2 rings (SSSR count). The molecule has 4 nitrogen and oxygen atoms in total. The number of alkyl carbamates (subject to hydrolysis) is 1. The molecule has 0 aromatic heterocycles. The lowest BCUT2D eigenvalue weighted by Gasteiger charge is -2.08. The van der Waals surface area contributed by atoms with Gasteiger partial charge >= 0.3 is 6.09 Å². The van der Waals surface area contributed by atoms with Gasteiger partial charge in [0.2, 0.25) is 0 Å². The second-order valence-electron chi connectivity index (χ2n) is 7.13. The van der Waals surface area contributed by atoms with Crippen LogP contribution in [-0.2, 0) is 24.2 Å². The van der Waals surface area contributed by atoms with Gasteiger partial charge in [-0.25, -0.2) is 4.79 Å². The number of nitrogens with two attached hydrogens (primary N) is 1. The maximum absolute atomic E-state index is 11.7. The average Bonchev–Trinajstić information content (AvgIpc) is 2.68. The van der Waals surface area contributed by atoms with E-state index in [1.165, 1.54) is 11.1 Å². The van der Waals surface area contributed by atoms with Crippen molar-refractivity contribution < 1.29 is 9.53 Å². The molecule has 3 N–H and O–H groups in total. The second kappa shape index (κ2) is 12.1. The summed E-state index contributed by atoms with van der Waals surface area (Å²) in [5.41, 5.74) is 9.50. The predicted octanol–water partition coefficient (Wildman–Crippen LogP) is 4.61. The van der Waals surface area contributed by atoms with E-state index in [1.54, 1.807) is 0 Å². The van der Waals surface area contributed by atoms with E-state index in [-0.39, 0.29) is 12.1 Å². The second-order valence-corrected chi connectivity index (χ2v) is 7.13. The highest BCUT2D eigenvalue weighted by atomic mass is 16.5. The number of benzene rings is 2. The maximum atomic E-state index is 11.7. The monoisotopic (exact) mass is 368 g/mol. The molecule has 2 aromatic rings. The van der Waals surface area contributed by atoms with Crippen LogP contribution in [0.2, 0.25) is 0 Å². The van der Waals surface area contributed by atoms with Gasteiger partial charge in [-0.3, -0.25) is 0 Å². The summed E-state index contributed by atoms with van der Waals surface area (Å²) in [6, 6.07) is 18.8. The van der Waals surface area contributed by atoms with E-state index in [9.17, 15) is 4.79 Å². The Labute approximate surface area is 163 Å². The van der Waals surface area contributed by atoms with E-state index in [0.29, 0.717) is 13.2 Å². The van der Waals surface area contributed by atoms with Crippen molar-refractivity contribution in [2.24, 2.45) is 5.73 Å². The van der Waals surface area contributed by atoms with Gasteiger partial charge in [0.05, 0.1) is 0 Å². The summed E-state index contributed by atoms with van der Waals surface area (Å²) in [7, 11) is 0. The van der Waals surface area contributed by atoms with E-state index in [2.05, 4.69) is 36.5 Å². The zero-order chi connectivity index (χ0) is 19.3. The molecule has 0 saturated carbocycles. The number of hydrogen-bond acceptors (Lipinski definition) is 3. The molecule has 1 unspecified atom stereocenters. The van der Waals surface area contributed by atoms with Crippen LogP contribution in [0.15, 0.2) is 54.6 Å². The van der Waals surface area contributed by atoms with Crippen molar-refractivity contribution >= 4 is 6.09 Å². The number of ether oxygens (including phenoxy) is 1. The number of nitrogens with one attached hydrogen (secondary N) is 1. The molecular weight excluding hydrogens is 336 g/mol. The quantitative estimate of drug-likeness (QED) is 0.570. The fourth-order valence-electron chi connectivity index (χ4n) is 2.92. The Morgan fingerprint density at radius 2 is 1.56 bits per heavy atom. The number of unbranched alkanes of at least 4 members (excludes halogenated alkanes) is 1. The van der Waals surface area contributed by atoms with Crippen LogP contribution in [0.3, 0.4) is 0 Å². The first kappa shape index (κ1) is 21.0. The highest BCUT2D eigenvalue weighted by Crippen LogP contribution is 2.11. The third kappa shape index (κ3) is 9.25. The van der Waals surface area contributed by atoms with Crippen molar-refractivity contribution in [2.45, 2.75) is 58.1 Å². The maximum Gasteiger partial charge on any atom is 0.407 e. The van der Waals surface area contributed by atoms with Crippen LogP contribution in [0.4, 0.5) is 4.79 Å². The van der Waals surface area contributed by atoms with Gasteiger partial charge in [0.15, 0.2) is 0 Å². The standard InChI is InChI=1S/C23H32N2O2/c1-19(24)8-7-12-21-15-13-20(14-16-21)9-5-6-17-25-23(26)27-18-22-10-3-2-4-11-22/h2-4,10-11,13-16,19H,5-9,12,17-18,24H2,1H3,(H,25,26). The van der Waals surface area contributed by atoms with Gasteiger partial charge in [-0.1, -0.05) is 54.6 Å². The molecule has 0 aliphatic carbocycles. The number of amides is 1. The average molecular weight is 369 g/mol. The minimum atomic E-state index is -0.352. The first-order chi connectivity index (χ1) is 13.1. The molecule has 0 heterocycles. The van der Waals surface area contributed by atoms with Gasteiger partial charge in [-0.15, -0.1) is 0 Å². The molecule has 0 bridgehead atoms. The lowest BCUT2D eigenvalue weighted by molar-refractivity contribution is 0.139. The fourth-order valence-corrected chi connectivity index (χ4v) is 2.92. The molecule has 0 fully saturated rings. The number of rotatable bonds is 11. The number of aryl methyl sites for hydroxylation is 2. The molecule has 2 aromatic carbocycles. The summed E-state index contributed by atoms with van der Waals surface area (Å²) in [6.45, 7) is 3.01. The molecule has 0 aliphatic rings. The van der Waals surface area contributed by atoms with Crippen LogP contribution < -0.4 is 11.1 Å². The zero-order valence-corrected chi connectivity index (χ0v) is 16.3. The van der Waals surface area contributed by atoms with Crippen LogP contribution >= 0.6 is 0 Å². The van der Waals surface area contributed by atoms with E-state index < -0.39 is 0 Å². The van der Waals surface area contributed by atoms with Crippen LogP contribution in [0.5, 0.6) is 0 Å². The van der Waals surface area contributed by atoms with Gasteiger partial charge in [-0.2, -0.15) is 0 Å². The van der Waals surface area contributed by atoms with Gasteiger partial charge in [0.25, 0.3) is 0 Å². The highest BCUT2D eigenvalue weighted by Gasteiger charge is 2.02. The molecule has 0 aliphatic heterocycles. The lowest BCUT2D eigenvalue weighted by atomic mass is 10.0. The largest absolute Gasteiger partial charge is 0.445 e. The highest BCUT2D eigenvalue weighted by molar-refractivity contribution is 5.67. The summed E-state index contributed by atoms with van der Waals surface area (Å²) in [6.07, 6.45) is 5.97. The molecule has 27 heavy (non-hydrogen) atoms. The van der Waals surface area contributed by atoms with Crippen LogP contribution in [0.25, 0.3) is 0 Å². The Morgan fingerprint density at radius 3 is 2.19 bits per heavy atom. The minimum absolute atomic E-state index is 0.286. The first-order valence-electron chi connectivity index (χ1n) is 9.91. The van der Waals surface area contributed by atoms with Crippen molar-refractivity contribution in [1.29, 1.82) is 0 Å². The predicted molar refractivity (Wildman–Crippen MR) is 111 cm³/mol. The number of carbonyl (C=O) groups is 1. The van der Waals surface area contributed by atoms with Crippen molar-refractivity contribution in [1.82, 2.24) is 5.32 Å². The number of carbonyl (C=O) groups excluding carboxylic acids is 1. The van der Waals surface area contributed by atoms with E-state index in [0.717, 1.165) is 44.1 Å². The summed E-state index contributed by atoms with van der Waals surface area (Å²) in [5.74, 6) is 0. The molecule has 0 saturated heterocycles. The summed E-state index contributed by atoms with van der Waals surface area (Å²) >= 11 is 0. The van der Waals surface area contributed by atoms with Gasteiger partial charge < -0.3 is 15.8 Å². The van der Waals surface area contributed by atoms with Gasteiger partial charge in [0.1, 0.15) is 6.61 Å². The molecule has 146 valence electrons. The molecular formula is C23H32N2O2. The number of hydrogen-bond donors (Lipinski definition) is 2. The fraction of sp³-hybridized carbons (Fsp3) is 0.435. The van der Waals surface area contributed by atoms with E-state index >= 15 is 0 Å². The first-order valence-corrected chi connectivity index (χ1v) is 9.91. The summed E-state index contributed by atoms with van der Waals surface area (Å²) < 4.78 is 5.20. The van der Waals surface area contributed by atoms with Crippen molar-refractivity contribution in [3.8, 4) is 0 Å². The van der Waals surface area contributed by atoms with Gasteiger partial charge in [-0.05, 0) is 62.1 Å². The topological polar surface area (TPSA) is 64.3 Å². The normalized spacial score (nSPS) is 11.8. The zero-order valence-electron chi connectivity index (χ0n) is 16.3. The van der Waals surface area contributed by atoms with Crippen LogP contribution in [0, 0.1) is 0 Å². The van der Waals surface area contributed by atoms with Crippen molar-refractivity contribution in [3.63, 3.8) is 0 Å². The molecule has 1 amide bonds. The minimum Gasteiger partial charge on any atom is -0.445 e. The van der Waals surface area contributed by atoms with E-state index in [4.69, 9.17) is 10.5 Å². The van der Waals surface area contributed by atoms with E-state index in [1.807, 2.05) is 30.3 Å². The smallest absolute Gasteiger partial charge is 0.407 e.